The predicted octanol–water partition coefficient (Wildman–Crippen LogP) is 10.5. The fourth-order valence-electron chi connectivity index (χ4n) is 5.70. The Bertz CT molecular complexity index is 1940. The molecule has 11 heteroatoms. The van der Waals surface area contributed by atoms with E-state index in [4.69, 9.17) is 33.3 Å². The Morgan fingerprint density at radius 2 is 1.40 bits per heavy atom. The van der Waals surface area contributed by atoms with E-state index in [0.717, 1.165) is 22.4 Å². The number of nitrogens with one attached hydrogen (secondary N) is 1. The number of hydrogen-bond donors (Lipinski definition) is 1. The van der Waals surface area contributed by atoms with Gasteiger partial charge in [0.2, 0.25) is 11.8 Å². The number of ether oxygens (including phenoxy) is 2. The molecule has 5 aromatic rings. The molecular formula is C41H55N5O4Si2. The summed E-state index contributed by atoms with van der Waals surface area (Å²) in [6.07, 6.45) is 1.71. The second-order valence-electron chi connectivity index (χ2n) is 16.9. The molecule has 0 bridgehead atoms. The summed E-state index contributed by atoms with van der Waals surface area (Å²) < 4.78 is 29.0. The minimum atomic E-state index is -2.13. The Labute approximate surface area is 311 Å². The Morgan fingerprint density at radius 1 is 0.788 bits per heavy atom. The highest BCUT2D eigenvalue weighted by molar-refractivity contribution is 6.74. The van der Waals surface area contributed by atoms with Crippen LogP contribution in [0.3, 0.4) is 0 Å². The van der Waals surface area contributed by atoms with Crippen molar-refractivity contribution in [1.82, 2.24) is 19.5 Å². The Kier molecular flexibility index (Phi) is 10.8. The molecular weight excluding hydrogens is 683 g/mol. The summed E-state index contributed by atoms with van der Waals surface area (Å²) >= 11 is 0. The van der Waals surface area contributed by atoms with Crippen molar-refractivity contribution in [2.75, 3.05) is 11.9 Å². The lowest BCUT2D eigenvalue weighted by molar-refractivity contribution is -0.0383. The van der Waals surface area contributed by atoms with E-state index >= 15 is 0 Å². The highest BCUT2D eigenvalue weighted by Crippen LogP contribution is 2.43. The van der Waals surface area contributed by atoms with Crippen molar-refractivity contribution in [2.45, 2.75) is 109 Å². The van der Waals surface area contributed by atoms with E-state index in [1.165, 1.54) is 0 Å². The van der Waals surface area contributed by atoms with Gasteiger partial charge in [-0.1, -0.05) is 114 Å². The summed E-state index contributed by atoms with van der Waals surface area (Å²) in [5.74, 6) is 0.815. The van der Waals surface area contributed by atoms with E-state index in [0.29, 0.717) is 42.6 Å². The number of aromatic nitrogens is 4. The monoisotopic (exact) mass is 737 g/mol. The van der Waals surface area contributed by atoms with Crippen LogP contribution in [0.15, 0.2) is 91.3 Å². The maximum absolute atomic E-state index is 7.07. The first-order chi connectivity index (χ1) is 24.5. The fourth-order valence-corrected chi connectivity index (χ4v) is 8.07. The summed E-state index contributed by atoms with van der Waals surface area (Å²) in [5, 5.41) is 3.55. The minimum absolute atomic E-state index is 0.0513. The summed E-state index contributed by atoms with van der Waals surface area (Å²) in [5.41, 5.74) is 5.40. The SMILES string of the molecule is CC(C)(C)[Si](C)(C)OC[C@H]1O[C@@H](n2cnc3c(OCc4ccccc4)nc(Nc4ccc(-c5ccccc5)cc4)nc32)C[C@@H]1O[Si](C)(C)C(C)(C)C. The quantitative estimate of drug-likeness (QED) is 0.127. The van der Waals surface area contributed by atoms with Gasteiger partial charge in [0.05, 0.1) is 19.0 Å². The van der Waals surface area contributed by atoms with Gasteiger partial charge in [-0.25, -0.2) is 4.98 Å². The van der Waals surface area contributed by atoms with Crippen LogP contribution >= 0.6 is 0 Å². The number of anilines is 2. The third kappa shape index (κ3) is 8.50. The zero-order valence-electron chi connectivity index (χ0n) is 32.4. The molecule has 0 amide bonds. The van der Waals surface area contributed by atoms with Gasteiger partial charge in [-0.05, 0) is 65.1 Å². The first-order valence-electron chi connectivity index (χ1n) is 18.3. The van der Waals surface area contributed by atoms with Gasteiger partial charge in [0, 0.05) is 12.1 Å². The largest absolute Gasteiger partial charge is 0.471 e. The lowest BCUT2D eigenvalue weighted by Crippen LogP contribution is -2.48. The average Bonchev–Trinajstić information content (AvgIpc) is 3.70. The van der Waals surface area contributed by atoms with Gasteiger partial charge in [0.25, 0.3) is 0 Å². The Balaban J connectivity index is 1.32. The minimum Gasteiger partial charge on any atom is -0.471 e. The lowest BCUT2D eigenvalue weighted by Gasteiger charge is -2.40. The number of rotatable bonds is 12. The zero-order chi connectivity index (χ0) is 37.3. The van der Waals surface area contributed by atoms with Crippen molar-refractivity contribution in [3.05, 3.63) is 96.8 Å². The molecule has 276 valence electrons. The fraction of sp³-hybridized carbons (Fsp3) is 0.439. The molecule has 3 atom stereocenters. The molecule has 1 aliphatic heterocycles. The van der Waals surface area contributed by atoms with E-state index in [-0.39, 0.29) is 28.5 Å². The summed E-state index contributed by atoms with van der Waals surface area (Å²) in [7, 11) is -4.16. The van der Waals surface area contributed by atoms with E-state index in [1.807, 2.05) is 65.2 Å². The highest BCUT2D eigenvalue weighted by atomic mass is 28.4. The Morgan fingerprint density at radius 3 is 2.04 bits per heavy atom. The van der Waals surface area contributed by atoms with Gasteiger partial charge in [-0.2, -0.15) is 9.97 Å². The Hall–Kier alpha value is -3.88. The van der Waals surface area contributed by atoms with Crippen LogP contribution in [-0.4, -0.2) is 55.0 Å². The van der Waals surface area contributed by atoms with Crippen LogP contribution in [0.5, 0.6) is 5.88 Å². The molecule has 0 aliphatic carbocycles. The van der Waals surface area contributed by atoms with Crippen molar-refractivity contribution in [3.8, 4) is 17.0 Å². The smallest absolute Gasteiger partial charge is 0.247 e. The molecule has 9 nitrogen and oxygen atoms in total. The number of imidazole rings is 1. The van der Waals surface area contributed by atoms with E-state index < -0.39 is 16.6 Å². The molecule has 1 fully saturated rings. The van der Waals surface area contributed by atoms with E-state index in [9.17, 15) is 0 Å². The summed E-state index contributed by atoms with van der Waals surface area (Å²) in [4.78, 5) is 14.6. The maximum atomic E-state index is 7.07. The molecule has 0 spiro atoms. The highest BCUT2D eigenvalue weighted by Gasteiger charge is 2.47. The number of fused-ring (bicyclic) bond motifs is 1. The predicted molar refractivity (Wildman–Crippen MR) is 215 cm³/mol. The molecule has 3 aromatic carbocycles. The normalized spacial score (nSPS) is 18.5. The van der Waals surface area contributed by atoms with Crippen LogP contribution in [0.4, 0.5) is 11.6 Å². The molecule has 1 N–H and O–H groups in total. The molecule has 6 rings (SSSR count). The van der Waals surface area contributed by atoms with Gasteiger partial charge in [-0.15, -0.1) is 0 Å². The van der Waals surface area contributed by atoms with Crippen LogP contribution in [0.25, 0.3) is 22.3 Å². The molecule has 0 saturated carbocycles. The topological polar surface area (TPSA) is 92.6 Å². The molecule has 52 heavy (non-hydrogen) atoms. The van der Waals surface area contributed by atoms with Crippen LogP contribution in [0.2, 0.25) is 36.3 Å². The number of benzene rings is 3. The second kappa shape index (κ2) is 14.9. The third-order valence-electron chi connectivity index (χ3n) is 11.0. The average molecular weight is 738 g/mol. The molecule has 0 unspecified atom stereocenters. The van der Waals surface area contributed by atoms with Crippen LogP contribution < -0.4 is 10.1 Å². The number of hydrogen-bond acceptors (Lipinski definition) is 8. The van der Waals surface area contributed by atoms with Gasteiger partial charge < -0.3 is 23.6 Å². The summed E-state index contributed by atoms with van der Waals surface area (Å²) in [6, 6.07) is 28.6. The first-order valence-corrected chi connectivity index (χ1v) is 24.1. The zero-order valence-corrected chi connectivity index (χ0v) is 34.4. The second-order valence-corrected chi connectivity index (χ2v) is 26.4. The van der Waals surface area contributed by atoms with E-state index in [1.54, 1.807) is 6.33 Å². The first kappa shape index (κ1) is 37.9. The standard InChI is InChI=1S/C41H55N5O4Si2/c1-40(2,3)51(7,8)48-27-34-33(50-52(9,10)41(4,5)6)25-35(49-34)46-28-42-36-37(46)44-39(45-38(36)47-26-29-17-13-11-14-18-29)43-32-23-21-31(22-24-32)30-19-15-12-16-20-30/h11-24,28,33-35H,25-27H2,1-10H3,(H,43,44,45)/t33-,34+,35+/m0/s1. The van der Waals surface area contributed by atoms with Crippen molar-refractivity contribution in [3.63, 3.8) is 0 Å². The molecule has 1 saturated heterocycles. The van der Waals surface area contributed by atoms with Crippen molar-refractivity contribution in [2.24, 2.45) is 0 Å². The van der Waals surface area contributed by atoms with Gasteiger partial charge in [-0.3, -0.25) is 4.57 Å². The maximum Gasteiger partial charge on any atom is 0.247 e. The molecule has 0 radical (unpaired) electrons. The van der Waals surface area contributed by atoms with Gasteiger partial charge in [0.15, 0.2) is 27.8 Å². The van der Waals surface area contributed by atoms with Gasteiger partial charge >= 0.3 is 0 Å². The van der Waals surface area contributed by atoms with Crippen molar-refractivity contribution >= 4 is 39.4 Å². The van der Waals surface area contributed by atoms with Crippen LogP contribution in [0.1, 0.15) is 59.8 Å². The third-order valence-corrected chi connectivity index (χ3v) is 20.0. The van der Waals surface area contributed by atoms with Gasteiger partial charge in [0.1, 0.15) is 18.9 Å². The van der Waals surface area contributed by atoms with E-state index in [2.05, 4.69) is 97.3 Å². The molecule has 2 aromatic heterocycles. The molecule has 1 aliphatic rings. The van der Waals surface area contributed by atoms with Crippen LogP contribution in [0, 0.1) is 0 Å². The van der Waals surface area contributed by atoms with Crippen LogP contribution in [-0.2, 0) is 20.2 Å². The molecule has 3 heterocycles. The summed E-state index contributed by atoms with van der Waals surface area (Å²) in [6.45, 7) is 23.6. The van der Waals surface area contributed by atoms with Crippen molar-refractivity contribution in [1.29, 1.82) is 0 Å². The number of nitrogens with zero attached hydrogens (tertiary/aromatic N) is 4. The van der Waals surface area contributed by atoms with Crippen molar-refractivity contribution < 1.29 is 18.3 Å². The lowest BCUT2D eigenvalue weighted by atomic mass is 10.1.